The minimum absolute atomic E-state index is 0.0596. The van der Waals surface area contributed by atoms with Crippen LogP contribution in [0.4, 0.5) is 4.79 Å². The average molecular weight is 394 g/mol. The molecule has 0 bridgehead atoms. The van der Waals surface area contributed by atoms with E-state index in [1.54, 1.807) is 13.8 Å². The number of carbonyl (C=O) groups excluding carboxylic acids is 3. The minimum atomic E-state index is -0.886. The Bertz CT molecular complexity index is 655. The Balaban J connectivity index is 1.34. The van der Waals surface area contributed by atoms with E-state index >= 15 is 0 Å². The fourth-order valence-corrected chi connectivity index (χ4v) is 3.87. The molecule has 9 nitrogen and oxygen atoms in total. The van der Waals surface area contributed by atoms with Crippen LogP contribution in [0.3, 0.4) is 0 Å². The van der Waals surface area contributed by atoms with Gasteiger partial charge in [-0.1, -0.05) is 0 Å². The van der Waals surface area contributed by atoms with E-state index in [2.05, 4.69) is 10.6 Å². The van der Waals surface area contributed by atoms with Crippen molar-refractivity contribution >= 4 is 23.8 Å². The second kappa shape index (κ2) is 8.06. The summed E-state index contributed by atoms with van der Waals surface area (Å²) in [6, 6.07) is -0.120. The molecule has 0 aromatic rings. The fourth-order valence-electron chi connectivity index (χ4n) is 3.87. The predicted octanol–water partition coefficient (Wildman–Crippen LogP) is 0.541. The molecule has 156 valence electrons. The summed E-state index contributed by atoms with van der Waals surface area (Å²) < 4.78 is 0. The Morgan fingerprint density at radius 2 is 1.96 bits per heavy atom. The van der Waals surface area contributed by atoms with Crippen LogP contribution in [-0.2, 0) is 14.4 Å². The van der Waals surface area contributed by atoms with E-state index in [0.717, 1.165) is 24.3 Å². The molecule has 3 rings (SSSR count). The average Bonchev–Trinajstić information content (AvgIpc) is 3.33. The van der Waals surface area contributed by atoms with Crippen molar-refractivity contribution in [1.82, 2.24) is 20.4 Å². The maximum absolute atomic E-state index is 12.1. The van der Waals surface area contributed by atoms with Crippen LogP contribution in [0.25, 0.3) is 0 Å². The van der Waals surface area contributed by atoms with E-state index < -0.39 is 17.5 Å². The van der Waals surface area contributed by atoms with Gasteiger partial charge < -0.3 is 15.7 Å². The maximum Gasteiger partial charge on any atom is 0.325 e. The van der Waals surface area contributed by atoms with E-state index in [9.17, 15) is 19.2 Å². The first kappa shape index (κ1) is 20.6. The lowest BCUT2D eigenvalue weighted by molar-refractivity contribution is -0.140. The van der Waals surface area contributed by atoms with E-state index in [1.165, 1.54) is 12.8 Å². The first-order chi connectivity index (χ1) is 13.2. The lowest BCUT2D eigenvalue weighted by Gasteiger charge is -2.42. The third kappa shape index (κ3) is 5.01. The monoisotopic (exact) mass is 394 g/mol. The molecule has 1 saturated heterocycles. The van der Waals surface area contributed by atoms with Gasteiger partial charge in [-0.2, -0.15) is 0 Å². The number of carboxylic acids is 1. The molecule has 1 heterocycles. The number of rotatable bonds is 10. The molecule has 0 radical (unpaired) electrons. The Morgan fingerprint density at radius 1 is 1.29 bits per heavy atom. The molecule has 4 amide bonds. The van der Waals surface area contributed by atoms with Gasteiger partial charge >= 0.3 is 12.0 Å². The van der Waals surface area contributed by atoms with Crippen molar-refractivity contribution in [2.45, 2.75) is 70.0 Å². The fraction of sp³-hybridized carbons (Fsp3) is 0.789. The molecular weight excluding hydrogens is 364 g/mol. The summed E-state index contributed by atoms with van der Waals surface area (Å²) in [4.78, 5) is 50.3. The van der Waals surface area contributed by atoms with Gasteiger partial charge in [-0.3, -0.25) is 24.2 Å². The SMILES string of the molecule is CC1(C)NC(=O)N(CCCC(=O)NC2CC(N(CC(=O)O)CC3CC3)C2)C1=O. The Hall–Kier alpha value is -2.16. The van der Waals surface area contributed by atoms with Gasteiger partial charge in [-0.15, -0.1) is 0 Å². The first-order valence-electron chi connectivity index (χ1n) is 10.0. The number of amides is 4. The number of nitrogens with zero attached hydrogens (tertiary/aromatic N) is 2. The van der Waals surface area contributed by atoms with Crippen LogP contribution in [0.2, 0.25) is 0 Å². The molecule has 0 aromatic heterocycles. The van der Waals surface area contributed by atoms with E-state index in [0.29, 0.717) is 12.3 Å². The van der Waals surface area contributed by atoms with E-state index in [4.69, 9.17) is 5.11 Å². The van der Waals surface area contributed by atoms with Crippen molar-refractivity contribution in [3.8, 4) is 0 Å². The molecule has 3 fully saturated rings. The highest BCUT2D eigenvalue weighted by atomic mass is 16.4. The van der Waals surface area contributed by atoms with Crippen molar-refractivity contribution in [1.29, 1.82) is 0 Å². The standard InChI is InChI=1S/C19H30N4O5/c1-19(2)17(27)23(18(28)21-19)7-3-4-15(24)20-13-8-14(9-13)22(11-16(25)26)10-12-5-6-12/h12-14H,3-11H2,1-2H3,(H,20,24)(H,21,28)(H,25,26). The number of aliphatic carboxylic acids is 1. The van der Waals surface area contributed by atoms with Crippen molar-refractivity contribution in [2.24, 2.45) is 5.92 Å². The van der Waals surface area contributed by atoms with Crippen molar-refractivity contribution < 1.29 is 24.3 Å². The van der Waals surface area contributed by atoms with Gasteiger partial charge in [-0.25, -0.2) is 4.79 Å². The molecule has 2 aliphatic carbocycles. The van der Waals surface area contributed by atoms with Crippen LogP contribution in [-0.4, -0.2) is 76.0 Å². The van der Waals surface area contributed by atoms with Gasteiger partial charge in [0.15, 0.2) is 0 Å². The second-order valence-corrected chi connectivity index (χ2v) is 8.77. The van der Waals surface area contributed by atoms with Gasteiger partial charge in [0.25, 0.3) is 5.91 Å². The van der Waals surface area contributed by atoms with Gasteiger partial charge in [0.2, 0.25) is 5.91 Å². The summed E-state index contributed by atoms with van der Waals surface area (Å²) in [6.07, 6.45) is 4.57. The molecule has 0 aromatic carbocycles. The van der Waals surface area contributed by atoms with Gasteiger partial charge in [0.05, 0.1) is 6.54 Å². The zero-order chi connectivity index (χ0) is 20.5. The number of urea groups is 1. The Kier molecular flexibility index (Phi) is 5.92. The molecule has 3 aliphatic rings. The predicted molar refractivity (Wildman–Crippen MR) is 100 cm³/mol. The molecule has 3 N–H and O–H groups in total. The number of hydrogen-bond acceptors (Lipinski definition) is 5. The molecule has 2 saturated carbocycles. The van der Waals surface area contributed by atoms with Crippen molar-refractivity contribution in [3.05, 3.63) is 0 Å². The number of hydrogen-bond donors (Lipinski definition) is 3. The molecule has 0 atom stereocenters. The highest BCUT2D eigenvalue weighted by Crippen LogP contribution is 2.33. The van der Waals surface area contributed by atoms with Crippen LogP contribution < -0.4 is 10.6 Å². The Morgan fingerprint density at radius 3 is 2.50 bits per heavy atom. The normalized spacial score (nSPS) is 26.2. The number of imide groups is 1. The minimum Gasteiger partial charge on any atom is -0.480 e. The summed E-state index contributed by atoms with van der Waals surface area (Å²) in [5.74, 6) is -0.545. The molecule has 28 heavy (non-hydrogen) atoms. The lowest BCUT2D eigenvalue weighted by atomic mass is 9.85. The highest BCUT2D eigenvalue weighted by molar-refractivity contribution is 6.06. The summed E-state index contributed by atoms with van der Waals surface area (Å²) in [6.45, 7) is 4.43. The number of carbonyl (C=O) groups is 4. The van der Waals surface area contributed by atoms with Crippen LogP contribution in [0, 0.1) is 5.92 Å². The van der Waals surface area contributed by atoms with Crippen LogP contribution >= 0.6 is 0 Å². The van der Waals surface area contributed by atoms with Crippen molar-refractivity contribution in [2.75, 3.05) is 19.6 Å². The molecule has 9 heteroatoms. The molecule has 1 aliphatic heterocycles. The third-order valence-electron chi connectivity index (χ3n) is 5.75. The zero-order valence-corrected chi connectivity index (χ0v) is 16.6. The Labute approximate surface area is 164 Å². The zero-order valence-electron chi connectivity index (χ0n) is 16.6. The van der Waals surface area contributed by atoms with Crippen molar-refractivity contribution in [3.63, 3.8) is 0 Å². The van der Waals surface area contributed by atoms with E-state index in [-0.39, 0.29) is 43.4 Å². The van der Waals surface area contributed by atoms with Gasteiger partial charge in [-0.05, 0) is 51.9 Å². The molecule has 0 unspecified atom stereocenters. The summed E-state index contributed by atoms with van der Waals surface area (Å²) in [5.41, 5.74) is -0.886. The van der Waals surface area contributed by atoms with E-state index in [1.807, 2.05) is 4.90 Å². The third-order valence-corrected chi connectivity index (χ3v) is 5.75. The second-order valence-electron chi connectivity index (χ2n) is 8.77. The quantitative estimate of drug-likeness (QED) is 0.465. The smallest absolute Gasteiger partial charge is 0.325 e. The first-order valence-corrected chi connectivity index (χ1v) is 10.0. The van der Waals surface area contributed by atoms with Crippen LogP contribution in [0.1, 0.15) is 52.4 Å². The summed E-state index contributed by atoms with van der Waals surface area (Å²) >= 11 is 0. The number of carboxylic acid groups (broad SMARTS) is 1. The number of nitrogens with one attached hydrogen (secondary N) is 2. The van der Waals surface area contributed by atoms with Gasteiger partial charge in [0, 0.05) is 31.6 Å². The van der Waals surface area contributed by atoms with Crippen LogP contribution in [0.5, 0.6) is 0 Å². The van der Waals surface area contributed by atoms with Gasteiger partial charge in [0.1, 0.15) is 5.54 Å². The highest BCUT2D eigenvalue weighted by Gasteiger charge is 2.44. The lowest BCUT2D eigenvalue weighted by Crippen LogP contribution is -2.55. The maximum atomic E-state index is 12.1. The molecular formula is C19H30N4O5. The summed E-state index contributed by atoms with van der Waals surface area (Å²) in [5, 5.41) is 14.7. The molecule has 0 spiro atoms. The van der Waals surface area contributed by atoms with Crippen LogP contribution in [0.15, 0.2) is 0 Å². The summed E-state index contributed by atoms with van der Waals surface area (Å²) in [7, 11) is 0. The largest absolute Gasteiger partial charge is 0.480 e. The topological polar surface area (TPSA) is 119 Å².